The van der Waals surface area contributed by atoms with E-state index in [2.05, 4.69) is 9.99 Å². The van der Waals surface area contributed by atoms with Gasteiger partial charge in [-0.2, -0.15) is 0 Å². The summed E-state index contributed by atoms with van der Waals surface area (Å²) in [5.74, 6) is 5.88. The van der Waals surface area contributed by atoms with Crippen molar-refractivity contribution in [3.8, 4) is 5.75 Å². The van der Waals surface area contributed by atoms with Gasteiger partial charge in [-0.3, -0.25) is 10.2 Å². The van der Waals surface area contributed by atoms with Crippen molar-refractivity contribution in [2.75, 3.05) is 13.7 Å². The summed E-state index contributed by atoms with van der Waals surface area (Å²) in [6.07, 6.45) is 5.54. The number of nitrogen functional groups attached to an aromatic ring is 1. The van der Waals surface area contributed by atoms with E-state index < -0.39 is 11.9 Å². The maximum absolute atomic E-state index is 12.9. The van der Waals surface area contributed by atoms with E-state index in [1.165, 1.54) is 25.7 Å². The minimum absolute atomic E-state index is 0.343. The largest absolute Gasteiger partial charge is 0.495 e. The Hall–Kier alpha value is -3.06. The van der Waals surface area contributed by atoms with Crippen LogP contribution in [0.4, 0.5) is 0 Å². The van der Waals surface area contributed by atoms with Gasteiger partial charge in [0, 0.05) is 17.3 Å². The molecule has 2 aromatic carbocycles. The van der Waals surface area contributed by atoms with Crippen LogP contribution in [0, 0.1) is 5.92 Å². The lowest BCUT2D eigenvalue weighted by Gasteiger charge is -2.15. The second kappa shape index (κ2) is 8.98. The maximum atomic E-state index is 12.9. The molecule has 0 aliphatic heterocycles. The Morgan fingerprint density at radius 3 is 2.58 bits per heavy atom. The number of hydrazine groups is 1. The highest BCUT2D eigenvalue weighted by Gasteiger charge is 2.27. The lowest BCUT2D eigenvalue weighted by atomic mass is 10.0. The summed E-state index contributed by atoms with van der Waals surface area (Å²) in [5.41, 5.74) is 4.79. The molecule has 0 atom stereocenters. The van der Waals surface area contributed by atoms with Crippen LogP contribution in [-0.4, -0.2) is 30.2 Å². The van der Waals surface area contributed by atoms with Crippen molar-refractivity contribution in [3.63, 3.8) is 0 Å². The Balaban J connectivity index is 2.07. The zero-order valence-electron chi connectivity index (χ0n) is 18.1. The van der Waals surface area contributed by atoms with E-state index in [9.17, 15) is 9.59 Å². The van der Waals surface area contributed by atoms with E-state index in [-0.39, 0.29) is 0 Å². The van der Waals surface area contributed by atoms with Gasteiger partial charge < -0.3 is 14.0 Å². The minimum atomic E-state index is -0.413. The number of nitrogens with two attached hydrogens (primary N) is 1. The normalized spacial score (nSPS) is 14.3. The number of fused-ring (bicyclic) bond motifs is 3. The fourth-order valence-electron chi connectivity index (χ4n) is 4.76. The summed E-state index contributed by atoms with van der Waals surface area (Å²) in [6.45, 7) is 3.10. The van der Waals surface area contributed by atoms with Gasteiger partial charge in [-0.15, -0.1) is 0 Å². The highest BCUT2D eigenvalue weighted by atomic mass is 16.5. The predicted molar refractivity (Wildman–Crippen MR) is 120 cm³/mol. The second-order valence-corrected chi connectivity index (χ2v) is 8.11. The molecule has 1 aromatic heterocycles. The van der Waals surface area contributed by atoms with Crippen molar-refractivity contribution in [2.24, 2.45) is 11.8 Å². The highest BCUT2D eigenvalue weighted by molar-refractivity contribution is 6.24. The van der Waals surface area contributed by atoms with Crippen LogP contribution in [0.2, 0.25) is 0 Å². The Labute approximate surface area is 181 Å². The van der Waals surface area contributed by atoms with E-state index in [0.29, 0.717) is 40.2 Å². The number of methoxy groups -OCH3 is 1. The number of carbonyl (C=O) groups excluding carboxylic acids is 2. The molecule has 1 aliphatic rings. The maximum Gasteiger partial charge on any atom is 0.338 e. The van der Waals surface area contributed by atoms with Crippen LogP contribution in [0.25, 0.3) is 21.8 Å². The first kappa shape index (κ1) is 21.2. The molecular weight excluding hydrogens is 394 g/mol. The number of rotatable bonds is 7. The van der Waals surface area contributed by atoms with E-state index in [4.69, 9.17) is 15.3 Å². The van der Waals surface area contributed by atoms with Gasteiger partial charge in [0.15, 0.2) is 0 Å². The van der Waals surface area contributed by atoms with Crippen molar-refractivity contribution < 1.29 is 19.1 Å². The Bertz CT molecular complexity index is 1130. The van der Waals surface area contributed by atoms with Crippen molar-refractivity contribution in [3.05, 3.63) is 41.5 Å². The quantitative estimate of drug-likeness (QED) is 0.257. The summed E-state index contributed by atoms with van der Waals surface area (Å²) in [5, 5.41) is 1.37. The molecule has 164 valence electrons. The van der Waals surface area contributed by atoms with Gasteiger partial charge in [-0.1, -0.05) is 25.8 Å². The van der Waals surface area contributed by atoms with Crippen LogP contribution in [0.15, 0.2) is 30.3 Å². The summed E-state index contributed by atoms with van der Waals surface area (Å²) < 4.78 is 13.3. The van der Waals surface area contributed by atoms with Crippen LogP contribution < -0.4 is 16.0 Å². The molecule has 0 radical (unpaired) electrons. The molecule has 0 bridgehead atoms. The first-order chi connectivity index (χ1) is 15.1. The Morgan fingerprint density at radius 1 is 1.13 bits per heavy atom. The first-order valence-electron chi connectivity index (χ1n) is 10.9. The van der Waals surface area contributed by atoms with Crippen LogP contribution in [0.1, 0.15) is 59.7 Å². The molecule has 1 fully saturated rings. The third-order valence-corrected chi connectivity index (χ3v) is 6.16. The van der Waals surface area contributed by atoms with Crippen LogP contribution in [0.5, 0.6) is 5.75 Å². The van der Waals surface area contributed by atoms with Crippen molar-refractivity contribution in [1.29, 1.82) is 0 Å². The van der Waals surface area contributed by atoms with Crippen LogP contribution in [-0.2, 0) is 11.3 Å². The number of carbonyl (C=O) groups is 2. The zero-order valence-corrected chi connectivity index (χ0v) is 18.1. The average molecular weight is 424 g/mol. The molecule has 3 N–H and O–H groups in total. The molecule has 1 amide bonds. The molecule has 4 rings (SSSR count). The molecule has 1 aliphatic carbocycles. The van der Waals surface area contributed by atoms with E-state index >= 15 is 0 Å². The summed E-state index contributed by atoms with van der Waals surface area (Å²) in [7, 11) is 1.62. The van der Waals surface area contributed by atoms with Gasteiger partial charge in [0.2, 0.25) is 0 Å². The van der Waals surface area contributed by atoms with Gasteiger partial charge in [-0.05, 0) is 49.4 Å². The molecule has 31 heavy (non-hydrogen) atoms. The third-order valence-electron chi connectivity index (χ3n) is 6.16. The molecule has 7 nitrogen and oxygen atoms in total. The number of benzene rings is 2. The fraction of sp³-hybridized carbons (Fsp3) is 0.417. The van der Waals surface area contributed by atoms with Crippen molar-refractivity contribution >= 4 is 33.7 Å². The third kappa shape index (κ3) is 3.74. The standard InChI is InChI=1S/C24H29N3O4/c1-3-13-31-24(29)17-9-6-10-18-20(17)21-16(23(28)26-25)11-12-19(30-2)22(21)27(18)14-15-7-4-5-8-15/h6,9-12,15H,3-5,7-8,13-14,25H2,1-2H3,(H,26,28). The number of hydrogen-bond donors (Lipinski definition) is 2. The van der Waals surface area contributed by atoms with Gasteiger partial charge in [0.05, 0.1) is 35.9 Å². The van der Waals surface area contributed by atoms with Gasteiger partial charge >= 0.3 is 5.97 Å². The first-order valence-corrected chi connectivity index (χ1v) is 10.9. The highest BCUT2D eigenvalue weighted by Crippen LogP contribution is 2.40. The number of nitrogens with zero attached hydrogens (tertiary/aromatic N) is 1. The monoisotopic (exact) mass is 423 g/mol. The summed E-state index contributed by atoms with van der Waals surface area (Å²) >= 11 is 0. The minimum Gasteiger partial charge on any atom is -0.495 e. The van der Waals surface area contributed by atoms with Crippen LogP contribution >= 0.6 is 0 Å². The smallest absolute Gasteiger partial charge is 0.338 e. The molecule has 0 saturated heterocycles. The predicted octanol–water partition coefficient (Wildman–Crippen LogP) is 4.16. The van der Waals surface area contributed by atoms with Gasteiger partial charge in [-0.25, -0.2) is 10.6 Å². The average Bonchev–Trinajstić information content (AvgIpc) is 3.43. The lowest BCUT2D eigenvalue weighted by Crippen LogP contribution is -2.30. The fourth-order valence-corrected chi connectivity index (χ4v) is 4.76. The Morgan fingerprint density at radius 2 is 1.90 bits per heavy atom. The Kier molecular flexibility index (Phi) is 6.13. The van der Waals surface area contributed by atoms with E-state index in [1.807, 2.05) is 19.1 Å². The molecular formula is C24H29N3O4. The van der Waals surface area contributed by atoms with Crippen molar-refractivity contribution in [2.45, 2.75) is 45.6 Å². The zero-order chi connectivity index (χ0) is 22.0. The number of amides is 1. The topological polar surface area (TPSA) is 95.6 Å². The number of aromatic nitrogens is 1. The van der Waals surface area contributed by atoms with Gasteiger partial charge in [0.25, 0.3) is 5.91 Å². The van der Waals surface area contributed by atoms with E-state index in [1.54, 1.807) is 25.3 Å². The molecule has 0 unspecified atom stereocenters. The van der Waals surface area contributed by atoms with Crippen LogP contribution in [0.3, 0.4) is 0 Å². The number of ether oxygens (including phenoxy) is 2. The van der Waals surface area contributed by atoms with Crippen molar-refractivity contribution in [1.82, 2.24) is 9.99 Å². The SMILES string of the molecule is CCCOC(=O)c1cccc2c1c1c(C(=O)NN)ccc(OC)c1n2CC1CCCC1. The molecule has 7 heteroatoms. The summed E-state index contributed by atoms with van der Waals surface area (Å²) in [4.78, 5) is 25.6. The number of esters is 1. The summed E-state index contributed by atoms with van der Waals surface area (Å²) in [6, 6.07) is 9.08. The second-order valence-electron chi connectivity index (χ2n) is 8.11. The number of hydrogen-bond acceptors (Lipinski definition) is 5. The molecule has 0 spiro atoms. The number of nitrogens with one attached hydrogen (secondary N) is 1. The van der Waals surface area contributed by atoms with Gasteiger partial charge in [0.1, 0.15) is 5.75 Å². The lowest BCUT2D eigenvalue weighted by molar-refractivity contribution is 0.0507. The molecule has 1 saturated carbocycles. The van der Waals surface area contributed by atoms with E-state index in [0.717, 1.165) is 24.0 Å². The molecule has 3 aromatic rings. The molecule has 1 heterocycles.